The number of hydrogen-bond donors (Lipinski definition) is 0. The fraction of sp³-hybridized carbons (Fsp3) is 0.562. The average molecular weight is 285 g/mol. The van der Waals surface area contributed by atoms with Crippen LogP contribution in [0.3, 0.4) is 0 Å². The van der Waals surface area contributed by atoms with Gasteiger partial charge in [0.2, 0.25) is 5.95 Å². The summed E-state index contributed by atoms with van der Waals surface area (Å²) in [5.41, 5.74) is 2.72. The number of rotatable bonds is 5. The van der Waals surface area contributed by atoms with Gasteiger partial charge in [-0.25, -0.2) is 9.67 Å². The molecule has 1 aliphatic carbocycles. The van der Waals surface area contributed by atoms with Crippen LogP contribution in [-0.4, -0.2) is 38.5 Å². The molecule has 0 fully saturated rings. The fourth-order valence-electron chi connectivity index (χ4n) is 3.00. The second-order valence-electron chi connectivity index (χ2n) is 5.58. The zero-order valence-corrected chi connectivity index (χ0v) is 12.9. The maximum absolute atomic E-state index is 4.59. The van der Waals surface area contributed by atoms with Crippen molar-refractivity contribution in [2.24, 2.45) is 4.99 Å². The monoisotopic (exact) mass is 285 g/mol. The van der Waals surface area contributed by atoms with Gasteiger partial charge in [0, 0.05) is 18.7 Å². The largest absolute Gasteiger partial charge is 0.278 e. The SMILES string of the molecule is CCC1=Nc2ncnn2C(N(CC)CC2=CC=CCC2)C1. The molecule has 0 saturated heterocycles. The molecule has 0 saturated carbocycles. The Bertz CT molecular complexity index is 581. The normalized spacial score (nSPS) is 21.2. The summed E-state index contributed by atoms with van der Waals surface area (Å²) in [6.45, 7) is 6.38. The minimum atomic E-state index is 0.242. The number of hydrogen-bond acceptors (Lipinski definition) is 4. The van der Waals surface area contributed by atoms with Crippen molar-refractivity contribution in [2.75, 3.05) is 13.1 Å². The highest BCUT2D eigenvalue weighted by Crippen LogP contribution is 2.29. The van der Waals surface area contributed by atoms with Gasteiger partial charge in [0.1, 0.15) is 12.5 Å². The van der Waals surface area contributed by atoms with E-state index in [0.29, 0.717) is 0 Å². The molecule has 1 aromatic heterocycles. The van der Waals surface area contributed by atoms with Gasteiger partial charge in [-0.3, -0.25) is 4.90 Å². The Hall–Kier alpha value is -1.75. The molecule has 1 aromatic rings. The van der Waals surface area contributed by atoms with Crippen LogP contribution >= 0.6 is 0 Å². The molecule has 112 valence electrons. The second-order valence-corrected chi connectivity index (χ2v) is 5.58. The molecule has 1 unspecified atom stereocenters. The first kappa shape index (κ1) is 14.2. The lowest BCUT2D eigenvalue weighted by Crippen LogP contribution is -2.37. The quantitative estimate of drug-likeness (QED) is 0.834. The third-order valence-corrected chi connectivity index (χ3v) is 4.25. The minimum absolute atomic E-state index is 0.242. The summed E-state index contributed by atoms with van der Waals surface area (Å²) in [4.78, 5) is 11.4. The number of aliphatic imine (C=N–C) groups is 1. The van der Waals surface area contributed by atoms with Crippen molar-refractivity contribution in [1.82, 2.24) is 19.7 Å². The molecule has 2 heterocycles. The Morgan fingerprint density at radius 3 is 3.00 bits per heavy atom. The highest BCUT2D eigenvalue weighted by atomic mass is 15.5. The zero-order valence-electron chi connectivity index (χ0n) is 12.9. The van der Waals surface area contributed by atoms with E-state index in [1.807, 2.05) is 4.68 Å². The first-order chi connectivity index (χ1) is 10.3. The van der Waals surface area contributed by atoms with E-state index in [1.54, 1.807) is 6.33 Å². The molecule has 1 aliphatic heterocycles. The molecule has 5 nitrogen and oxygen atoms in total. The maximum Gasteiger partial charge on any atom is 0.249 e. The van der Waals surface area contributed by atoms with Crippen molar-refractivity contribution in [1.29, 1.82) is 0 Å². The van der Waals surface area contributed by atoms with Gasteiger partial charge in [0.25, 0.3) is 0 Å². The molecule has 0 amide bonds. The first-order valence-corrected chi connectivity index (χ1v) is 7.86. The van der Waals surface area contributed by atoms with Gasteiger partial charge in [0.15, 0.2) is 0 Å². The maximum atomic E-state index is 4.59. The molecule has 0 aromatic carbocycles. The van der Waals surface area contributed by atoms with Crippen LogP contribution in [0.15, 0.2) is 35.1 Å². The third kappa shape index (κ3) is 2.97. The van der Waals surface area contributed by atoms with Crippen LogP contribution in [0.4, 0.5) is 5.95 Å². The van der Waals surface area contributed by atoms with Crippen LogP contribution in [0.25, 0.3) is 0 Å². The summed E-state index contributed by atoms with van der Waals surface area (Å²) in [6.07, 6.45) is 12.8. The van der Waals surface area contributed by atoms with Crippen LogP contribution in [0, 0.1) is 0 Å². The molecule has 5 heteroatoms. The second kappa shape index (κ2) is 6.35. The molecule has 0 spiro atoms. The summed E-state index contributed by atoms with van der Waals surface area (Å²) in [5.74, 6) is 0.749. The standard InChI is InChI=1S/C16H23N5/c1-3-14-10-15(21-16(19-14)17-12-18-21)20(4-2)11-13-8-6-5-7-9-13/h5-6,8,12,15H,3-4,7,9-11H2,1-2H3. The highest BCUT2D eigenvalue weighted by molar-refractivity contribution is 5.87. The Morgan fingerprint density at radius 2 is 2.29 bits per heavy atom. The van der Waals surface area contributed by atoms with Gasteiger partial charge in [-0.2, -0.15) is 10.1 Å². The van der Waals surface area contributed by atoms with Gasteiger partial charge in [-0.05, 0) is 25.8 Å². The lowest BCUT2D eigenvalue weighted by Gasteiger charge is -2.34. The summed E-state index contributed by atoms with van der Waals surface area (Å²) in [7, 11) is 0. The van der Waals surface area contributed by atoms with Crippen molar-refractivity contribution in [2.45, 2.75) is 45.7 Å². The van der Waals surface area contributed by atoms with Gasteiger partial charge < -0.3 is 0 Å². The Balaban J connectivity index is 1.82. The van der Waals surface area contributed by atoms with Crippen molar-refractivity contribution >= 4 is 11.7 Å². The predicted octanol–water partition coefficient (Wildman–Crippen LogP) is 3.26. The van der Waals surface area contributed by atoms with E-state index in [4.69, 9.17) is 0 Å². The molecule has 0 bridgehead atoms. The molecule has 21 heavy (non-hydrogen) atoms. The summed E-state index contributed by atoms with van der Waals surface area (Å²) in [5, 5.41) is 4.39. The predicted molar refractivity (Wildman–Crippen MR) is 84.8 cm³/mol. The topological polar surface area (TPSA) is 46.3 Å². The van der Waals surface area contributed by atoms with Crippen LogP contribution in [0.5, 0.6) is 0 Å². The molecule has 3 rings (SSSR count). The van der Waals surface area contributed by atoms with E-state index in [-0.39, 0.29) is 6.17 Å². The van der Waals surface area contributed by atoms with Crippen molar-refractivity contribution in [3.63, 3.8) is 0 Å². The highest BCUT2D eigenvalue weighted by Gasteiger charge is 2.28. The van der Waals surface area contributed by atoms with E-state index >= 15 is 0 Å². The Labute approximate surface area is 126 Å². The van der Waals surface area contributed by atoms with E-state index in [9.17, 15) is 0 Å². The number of fused-ring (bicyclic) bond motifs is 1. The van der Waals surface area contributed by atoms with E-state index in [0.717, 1.165) is 38.3 Å². The fourth-order valence-corrected chi connectivity index (χ4v) is 3.00. The lowest BCUT2D eigenvalue weighted by molar-refractivity contribution is 0.150. The zero-order chi connectivity index (χ0) is 14.7. The van der Waals surface area contributed by atoms with Crippen molar-refractivity contribution in [3.05, 3.63) is 30.1 Å². The number of allylic oxidation sites excluding steroid dienone is 3. The van der Waals surface area contributed by atoms with Crippen LogP contribution < -0.4 is 0 Å². The van der Waals surface area contributed by atoms with E-state index in [2.05, 4.69) is 52.1 Å². The third-order valence-electron chi connectivity index (χ3n) is 4.25. The summed E-state index contributed by atoms with van der Waals surface area (Å²) >= 11 is 0. The number of likely N-dealkylation sites (N-methyl/N-ethyl adjacent to an activating group) is 1. The molecular formula is C16H23N5. The summed E-state index contributed by atoms with van der Waals surface area (Å²) < 4.78 is 1.97. The van der Waals surface area contributed by atoms with Crippen LogP contribution in [-0.2, 0) is 0 Å². The van der Waals surface area contributed by atoms with Crippen molar-refractivity contribution < 1.29 is 0 Å². The Kier molecular flexibility index (Phi) is 4.29. The first-order valence-electron chi connectivity index (χ1n) is 7.86. The number of aromatic nitrogens is 3. The summed E-state index contributed by atoms with van der Waals surface area (Å²) in [6, 6.07) is 0. The van der Waals surface area contributed by atoms with Gasteiger partial charge >= 0.3 is 0 Å². The molecule has 1 atom stereocenters. The molecular weight excluding hydrogens is 262 g/mol. The van der Waals surface area contributed by atoms with Gasteiger partial charge in [-0.1, -0.05) is 37.6 Å². The van der Waals surface area contributed by atoms with E-state index < -0.39 is 0 Å². The Morgan fingerprint density at radius 1 is 1.38 bits per heavy atom. The molecule has 0 N–H and O–H groups in total. The van der Waals surface area contributed by atoms with Crippen molar-refractivity contribution in [3.8, 4) is 0 Å². The van der Waals surface area contributed by atoms with Crippen LogP contribution in [0.1, 0.15) is 45.7 Å². The molecule has 0 radical (unpaired) electrons. The van der Waals surface area contributed by atoms with Gasteiger partial charge in [0.05, 0.1) is 0 Å². The molecule has 2 aliphatic rings. The van der Waals surface area contributed by atoms with Gasteiger partial charge in [-0.15, -0.1) is 0 Å². The smallest absolute Gasteiger partial charge is 0.249 e. The minimum Gasteiger partial charge on any atom is -0.278 e. The number of nitrogens with zero attached hydrogens (tertiary/aromatic N) is 5. The van der Waals surface area contributed by atoms with E-state index in [1.165, 1.54) is 17.7 Å². The van der Waals surface area contributed by atoms with Crippen LogP contribution in [0.2, 0.25) is 0 Å². The lowest BCUT2D eigenvalue weighted by atomic mass is 10.0. The average Bonchev–Trinajstić information content (AvgIpc) is 3.01.